The molecule has 2 aliphatic heterocycles. The molecule has 3 atom stereocenters. The van der Waals surface area contributed by atoms with Crippen molar-refractivity contribution in [2.75, 3.05) is 40.4 Å². The SMILES string of the molecule is COC(OC)C(C)(CN)N1CC2CCCCN2CC1C. The first kappa shape index (κ1) is 16.2. The lowest BCUT2D eigenvalue weighted by atomic mass is 9.90. The van der Waals surface area contributed by atoms with Crippen molar-refractivity contribution in [1.82, 2.24) is 9.80 Å². The lowest BCUT2D eigenvalue weighted by molar-refractivity contribution is -0.198. The van der Waals surface area contributed by atoms with E-state index in [-0.39, 0.29) is 11.8 Å². The Balaban J connectivity index is 2.16. The molecule has 2 heterocycles. The van der Waals surface area contributed by atoms with Crippen molar-refractivity contribution in [2.24, 2.45) is 5.73 Å². The summed E-state index contributed by atoms with van der Waals surface area (Å²) in [5.74, 6) is 0. The first-order chi connectivity index (χ1) is 9.56. The number of hydrogen-bond acceptors (Lipinski definition) is 5. The predicted octanol–water partition coefficient (Wildman–Crippen LogP) is 0.881. The molecule has 2 N–H and O–H groups in total. The first-order valence-corrected chi connectivity index (χ1v) is 7.83. The monoisotopic (exact) mass is 285 g/mol. The second-order valence-corrected chi connectivity index (χ2v) is 6.51. The van der Waals surface area contributed by atoms with Crippen LogP contribution in [0.5, 0.6) is 0 Å². The fraction of sp³-hybridized carbons (Fsp3) is 1.00. The topological polar surface area (TPSA) is 51.0 Å². The van der Waals surface area contributed by atoms with Crippen LogP contribution < -0.4 is 5.73 Å². The summed E-state index contributed by atoms with van der Waals surface area (Å²) in [5, 5.41) is 0. The van der Waals surface area contributed by atoms with Crippen LogP contribution in [-0.2, 0) is 9.47 Å². The number of nitrogens with two attached hydrogens (primary N) is 1. The quantitative estimate of drug-likeness (QED) is 0.760. The number of methoxy groups -OCH3 is 2. The maximum absolute atomic E-state index is 6.10. The van der Waals surface area contributed by atoms with Crippen LogP contribution in [0.3, 0.4) is 0 Å². The second kappa shape index (κ2) is 6.71. The van der Waals surface area contributed by atoms with Crippen molar-refractivity contribution < 1.29 is 9.47 Å². The number of piperidine rings is 1. The van der Waals surface area contributed by atoms with E-state index in [1.165, 1.54) is 25.8 Å². The van der Waals surface area contributed by atoms with Crippen LogP contribution in [-0.4, -0.2) is 74.1 Å². The number of ether oxygens (including phenoxy) is 2. The van der Waals surface area contributed by atoms with E-state index in [4.69, 9.17) is 15.2 Å². The van der Waals surface area contributed by atoms with Gasteiger partial charge in [-0.3, -0.25) is 9.80 Å². The number of rotatable bonds is 5. The molecule has 0 aromatic carbocycles. The Morgan fingerprint density at radius 1 is 1.25 bits per heavy atom. The van der Waals surface area contributed by atoms with Gasteiger partial charge in [0.15, 0.2) is 6.29 Å². The van der Waals surface area contributed by atoms with Gasteiger partial charge in [0.25, 0.3) is 0 Å². The average Bonchev–Trinajstić information content (AvgIpc) is 2.47. The van der Waals surface area contributed by atoms with Crippen molar-refractivity contribution in [3.63, 3.8) is 0 Å². The van der Waals surface area contributed by atoms with Gasteiger partial charge in [-0.2, -0.15) is 0 Å². The summed E-state index contributed by atoms with van der Waals surface area (Å²) >= 11 is 0. The summed E-state index contributed by atoms with van der Waals surface area (Å²) in [6.45, 7) is 8.44. The van der Waals surface area contributed by atoms with E-state index >= 15 is 0 Å². The van der Waals surface area contributed by atoms with Crippen LogP contribution in [0.15, 0.2) is 0 Å². The fourth-order valence-corrected chi connectivity index (χ4v) is 4.02. The largest absolute Gasteiger partial charge is 0.354 e. The molecule has 20 heavy (non-hydrogen) atoms. The number of hydrogen-bond donors (Lipinski definition) is 1. The van der Waals surface area contributed by atoms with E-state index in [1.54, 1.807) is 14.2 Å². The zero-order chi connectivity index (χ0) is 14.8. The van der Waals surface area contributed by atoms with Crippen LogP contribution in [0, 0.1) is 0 Å². The van der Waals surface area contributed by atoms with E-state index in [0.717, 1.165) is 13.1 Å². The Hall–Kier alpha value is -0.200. The molecule has 118 valence electrons. The van der Waals surface area contributed by atoms with E-state index in [1.807, 2.05) is 0 Å². The zero-order valence-corrected chi connectivity index (χ0v) is 13.5. The standard InChI is InChI=1S/C15H31N3O2/c1-12-9-17-8-6-5-7-13(17)10-18(12)15(2,11-16)14(19-3)20-4/h12-14H,5-11,16H2,1-4H3. The summed E-state index contributed by atoms with van der Waals surface area (Å²) in [6.07, 6.45) is 3.70. The average molecular weight is 285 g/mol. The van der Waals surface area contributed by atoms with Crippen molar-refractivity contribution >= 4 is 0 Å². The van der Waals surface area contributed by atoms with Crippen LogP contribution in [0.4, 0.5) is 0 Å². The summed E-state index contributed by atoms with van der Waals surface area (Å²) in [5.41, 5.74) is 5.83. The Bertz CT molecular complexity index is 311. The molecule has 2 rings (SSSR count). The normalized spacial score (nSPS) is 32.1. The fourth-order valence-electron chi connectivity index (χ4n) is 4.02. The summed E-state index contributed by atoms with van der Waals surface area (Å²) in [7, 11) is 3.40. The third-order valence-electron chi connectivity index (χ3n) is 5.19. The molecule has 0 bridgehead atoms. The molecule has 3 unspecified atom stereocenters. The smallest absolute Gasteiger partial charge is 0.176 e. The Morgan fingerprint density at radius 2 is 1.95 bits per heavy atom. The summed E-state index contributed by atoms with van der Waals surface area (Å²) in [6, 6.07) is 1.14. The molecule has 2 fully saturated rings. The lowest BCUT2D eigenvalue weighted by Crippen LogP contribution is -2.70. The zero-order valence-electron chi connectivity index (χ0n) is 13.5. The van der Waals surface area contributed by atoms with Crippen LogP contribution in [0.1, 0.15) is 33.1 Å². The van der Waals surface area contributed by atoms with Crippen LogP contribution in [0.2, 0.25) is 0 Å². The van der Waals surface area contributed by atoms with E-state index < -0.39 is 0 Å². The third kappa shape index (κ3) is 2.88. The van der Waals surface area contributed by atoms with E-state index in [2.05, 4.69) is 23.6 Å². The second-order valence-electron chi connectivity index (χ2n) is 6.51. The van der Waals surface area contributed by atoms with Crippen LogP contribution in [0.25, 0.3) is 0 Å². The highest BCUT2D eigenvalue weighted by Crippen LogP contribution is 2.31. The molecule has 0 aromatic heterocycles. The van der Waals surface area contributed by atoms with Crippen molar-refractivity contribution in [2.45, 2.75) is 57.0 Å². The molecule has 2 aliphatic rings. The maximum atomic E-state index is 6.10. The lowest BCUT2D eigenvalue weighted by Gasteiger charge is -2.55. The van der Waals surface area contributed by atoms with E-state index in [9.17, 15) is 0 Å². The van der Waals surface area contributed by atoms with Gasteiger partial charge in [-0.25, -0.2) is 0 Å². The molecule has 5 nitrogen and oxygen atoms in total. The van der Waals surface area contributed by atoms with Crippen molar-refractivity contribution in [3.05, 3.63) is 0 Å². The predicted molar refractivity (Wildman–Crippen MR) is 80.6 cm³/mol. The Kier molecular flexibility index (Phi) is 5.42. The van der Waals surface area contributed by atoms with E-state index in [0.29, 0.717) is 18.6 Å². The minimum absolute atomic E-state index is 0.271. The highest BCUT2D eigenvalue weighted by molar-refractivity contribution is 4.99. The number of piperazine rings is 1. The maximum Gasteiger partial charge on any atom is 0.176 e. The van der Waals surface area contributed by atoms with Gasteiger partial charge in [0.2, 0.25) is 0 Å². The minimum atomic E-state index is -0.287. The molecule has 0 amide bonds. The van der Waals surface area contributed by atoms with Gasteiger partial charge in [0.1, 0.15) is 0 Å². The molecular formula is C15H31N3O2. The molecule has 5 heteroatoms. The third-order valence-corrected chi connectivity index (χ3v) is 5.19. The molecular weight excluding hydrogens is 254 g/mol. The van der Waals surface area contributed by atoms with Gasteiger partial charge in [-0.1, -0.05) is 6.42 Å². The van der Waals surface area contributed by atoms with Gasteiger partial charge in [0, 0.05) is 45.9 Å². The highest BCUT2D eigenvalue weighted by Gasteiger charge is 2.46. The molecule has 0 aromatic rings. The van der Waals surface area contributed by atoms with Crippen LogP contribution >= 0.6 is 0 Å². The minimum Gasteiger partial charge on any atom is -0.354 e. The number of nitrogens with zero attached hydrogens (tertiary/aromatic N) is 2. The molecule has 0 saturated carbocycles. The molecule has 0 radical (unpaired) electrons. The summed E-state index contributed by atoms with van der Waals surface area (Å²) in [4.78, 5) is 5.16. The molecule has 0 aliphatic carbocycles. The highest BCUT2D eigenvalue weighted by atomic mass is 16.7. The Morgan fingerprint density at radius 3 is 2.55 bits per heavy atom. The molecule has 0 spiro atoms. The molecule has 2 saturated heterocycles. The Labute approximate surface area is 123 Å². The van der Waals surface area contributed by atoms with Crippen molar-refractivity contribution in [3.8, 4) is 0 Å². The summed E-state index contributed by atoms with van der Waals surface area (Å²) < 4.78 is 11.1. The van der Waals surface area contributed by atoms with Crippen molar-refractivity contribution in [1.29, 1.82) is 0 Å². The number of fused-ring (bicyclic) bond motifs is 1. The van der Waals surface area contributed by atoms with Gasteiger partial charge in [-0.15, -0.1) is 0 Å². The van der Waals surface area contributed by atoms with Gasteiger partial charge < -0.3 is 15.2 Å². The van der Waals surface area contributed by atoms with Gasteiger partial charge in [0.05, 0.1) is 5.54 Å². The van der Waals surface area contributed by atoms with Gasteiger partial charge in [-0.05, 0) is 33.2 Å². The van der Waals surface area contributed by atoms with Gasteiger partial charge >= 0.3 is 0 Å². The first-order valence-electron chi connectivity index (χ1n) is 7.83.